The van der Waals surface area contributed by atoms with Crippen LogP contribution in [0.15, 0.2) is 0 Å². The molecule has 0 radical (unpaired) electrons. The molecular formula is C20H43ClN3O4+. The molecule has 0 saturated carbocycles. The Morgan fingerprint density at radius 2 is 1.54 bits per heavy atom. The number of ether oxygens (including phenoxy) is 3. The van der Waals surface area contributed by atoms with Gasteiger partial charge in [0.1, 0.15) is 6.54 Å². The fourth-order valence-corrected chi connectivity index (χ4v) is 2.63. The SMILES string of the molecule is CCC[N+](C)(C)CCOCCOCCOCCC(=O)N(C)CCC(C)(C)NCl. The summed E-state index contributed by atoms with van der Waals surface area (Å²) in [5.41, 5.74) is -0.196. The summed E-state index contributed by atoms with van der Waals surface area (Å²) >= 11 is 5.67. The monoisotopic (exact) mass is 424 g/mol. The number of hydrogen-bond acceptors (Lipinski definition) is 5. The van der Waals surface area contributed by atoms with Gasteiger partial charge in [0.05, 0.1) is 66.7 Å². The van der Waals surface area contributed by atoms with E-state index in [4.69, 9.17) is 26.0 Å². The average Bonchev–Trinajstić information content (AvgIpc) is 2.63. The Bertz CT molecular complexity index is 409. The van der Waals surface area contributed by atoms with Gasteiger partial charge in [0.25, 0.3) is 0 Å². The molecule has 7 nitrogen and oxygen atoms in total. The smallest absolute Gasteiger partial charge is 0.224 e. The first-order valence-electron chi connectivity index (χ1n) is 10.3. The van der Waals surface area contributed by atoms with Gasteiger partial charge in [-0.25, -0.2) is 4.84 Å². The quantitative estimate of drug-likeness (QED) is 0.208. The topological polar surface area (TPSA) is 60.0 Å². The third kappa shape index (κ3) is 15.5. The largest absolute Gasteiger partial charge is 0.379 e. The molecule has 0 aliphatic heterocycles. The van der Waals surface area contributed by atoms with E-state index in [-0.39, 0.29) is 11.4 Å². The third-order valence-corrected chi connectivity index (χ3v) is 5.14. The first-order valence-corrected chi connectivity index (χ1v) is 10.7. The minimum absolute atomic E-state index is 0.0732. The highest BCUT2D eigenvalue weighted by Gasteiger charge is 2.18. The molecule has 0 aliphatic rings. The first-order chi connectivity index (χ1) is 13.1. The van der Waals surface area contributed by atoms with Gasteiger partial charge >= 0.3 is 0 Å². The average molecular weight is 425 g/mol. The summed E-state index contributed by atoms with van der Waals surface area (Å²) in [5, 5.41) is 0. The van der Waals surface area contributed by atoms with Gasteiger partial charge in [0.15, 0.2) is 0 Å². The van der Waals surface area contributed by atoms with Crippen LogP contribution in [0, 0.1) is 0 Å². The Balaban J connectivity index is 3.51. The van der Waals surface area contributed by atoms with E-state index in [1.54, 1.807) is 11.9 Å². The van der Waals surface area contributed by atoms with Crippen molar-refractivity contribution in [1.82, 2.24) is 9.74 Å². The van der Waals surface area contributed by atoms with E-state index in [1.807, 2.05) is 13.8 Å². The van der Waals surface area contributed by atoms with Crippen LogP contribution in [0.3, 0.4) is 0 Å². The molecular weight excluding hydrogens is 382 g/mol. The van der Waals surface area contributed by atoms with E-state index < -0.39 is 0 Å². The molecule has 1 amide bonds. The number of amides is 1. The number of halogens is 1. The lowest BCUT2D eigenvalue weighted by molar-refractivity contribution is -0.890. The molecule has 0 heterocycles. The van der Waals surface area contributed by atoms with Crippen molar-refractivity contribution in [2.75, 3.05) is 80.4 Å². The lowest BCUT2D eigenvalue weighted by atomic mass is 10.0. The summed E-state index contributed by atoms with van der Waals surface area (Å²) < 4.78 is 17.6. The molecule has 0 atom stereocenters. The summed E-state index contributed by atoms with van der Waals surface area (Å²) in [4.78, 5) is 16.5. The van der Waals surface area contributed by atoms with Gasteiger partial charge in [0.2, 0.25) is 5.91 Å². The van der Waals surface area contributed by atoms with Gasteiger partial charge in [-0.05, 0) is 38.5 Å². The number of rotatable bonds is 18. The number of carbonyl (C=O) groups is 1. The molecule has 0 unspecified atom stereocenters. The highest BCUT2D eigenvalue weighted by atomic mass is 35.5. The van der Waals surface area contributed by atoms with E-state index in [2.05, 4.69) is 25.9 Å². The Hall–Kier alpha value is -0.440. The van der Waals surface area contributed by atoms with Crippen molar-refractivity contribution in [2.45, 2.75) is 45.6 Å². The first kappa shape index (κ1) is 27.6. The second-order valence-electron chi connectivity index (χ2n) is 8.51. The van der Waals surface area contributed by atoms with Crippen LogP contribution in [-0.4, -0.2) is 101 Å². The third-order valence-electron chi connectivity index (χ3n) is 4.63. The number of hydrogen-bond donors (Lipinski definition) is 1. The standard InChI is InChI=1S/C20H43ClN3O4/c1-7-11-24(5,6)12-14-27-16-18-28-17-15-26-13-8-19(25)23(4)10-9-20(2,3)22-21/h22H,7-18H2,1-6H3/q+1. The van der Waals surface area contributed by atoms with Gasteiger partial charge in [-0.15, -0.1) is 0 Å². The van der Waals surface area contributed by atoms with Crippen LogP contribution >= 0.6 is 11.8 Å². The van der Waals surface area contributed by atoms with Crippen molar-refractivity contribution in [3.8, 4) is 0 Å². The normalized spacial score (nSPS) is 12.4. The summed E-state index contributed by atoms with van der Waals surface area (Å²) in [7, 11) is 6.25. The molecule has 0 saturated heterocycles. The van der Waals surface area contributed by atoms with E-state index in [0.717, 1.165) is 30.6 Å². The van der Waals surface area contributed by atoms with Crippen LogP contribution in [0.25, 0.3) is 0 Å². The molecule has 0 spiro atoms. The van der Waals surface area contributed by atoms with E-state index in [0.29, 0.717) is 46.0 Å². The summed E-state index contributed by atoms with van der Waals surface area (Å²) in [6.07, 6.45) is 2.34. The van der Waals surface area contributed by atoms with E-state index in [9.17, 15) is 4.79 Å². The predicted octanol–water partition coefficient (Wildman–Crippen LogP) is 2.28. The highest BCUT2D eigenvalue weighted by molar-refractivity contribution is 6.13. The molecule has 1 N–H and O–H groups in total. The van der Waals surface area contributed by atoms with Crippen molar-refractivity contribution in [3.63, 3.8) is 0 Å². The number of nitrogens with one attached hydrogen (secondary N) is 1. The summed E-state index contributed by atoms with van der Waals surface area (Å²) in [6.45, 7) is 12.4. The zero-order chi connectivity index (χ0) is 21.5. The lowest BCUT2D eigenvalue weighted by Gasteiger charge is -2.29. The molecule has 0 fully saturated rings. The maximum Gasteiger partial charge on any atom is 0.224 e. The second-order valence-corrected chi connectivity index (χ2v) is 8.70. The van der Waals surface area contributed by atoms with Crippen LogP contribution in [-0.2, 0) is 19.0 Å². The van der Waals surface area contributed by atoms with Crippen LogP contribution in [0.1, 0.15) is 40.0 Å². The molecule has 0 bridgehead atoms. The van der Waals surface area contributed by atoms with Crippen molar-refractivity contribution >= 4 is 17.7 Å². The van der Waals surface area contributed by atoms with Gasteiger partial charge in [0, 0.05) is 19.1 Å². The Kier molecular flexibility index (Phi) is 15.2. The van der Waals surface area contributed by atoms with Crippen LogP contribution in [0.5, 0.6) is 0 Å². The minimum atomic E-state index is -0.196. The predicted molar refractivity (Wildman–Crippen MR) is 115 cm³/mol. The molecule has 0 aromatic rings. The molecule has 0 aromatic carbocycles. The summed E-state index contributed by atoms with van der Waals surface area (Å²) in [5.74, 6) is 0.0732. The highest BCUT2D eigenvalue weighted by Crippen LogP contribution is 2.10. The van der Waals surface area contributed by atoms with E-state index in [1.165, 1.54) is 6.42 Å². The molecule has 0 aliphatic carbocycles. The van der Waals surface area contributed by atoms with Gasteiger partial charge in [-0.2, -0.15) is 0 Å². The van der Waals surface area contributed by atoms with Crippen molar-refractivity contribution in [2.24, 2.45) is 0 Å². The zero-order valence-electron chi connectivity index (χ0n) is 18.9. The molecule has 8 heteroatoms. The van der Waals surface area contributed by atoms with Crippen molar-refractivity contribution < 1.29 is 23.5 Å². The van der Waals surface area contributed by atoms with Gasteiger partial charge in [-0.1, -0.05) is 6.92 Å². The second kappa shape index (κ2) is 15.4. The number of carbonyl (C=O) groups excluding carboxylic acids is 1. The fraction of sp³-hybridized carbons (Fsp3) is 0.950. The number of quaternary nitrogens is 1. The lowest BCUT2D eigenvalue weighted by Crippen LogP contribution is -2.42. The molecule has 0 aromatic heterocycles. The van der Waals surface area contributed by atoms with Crippen LogP contribution in [0.2, 0.25) is 0 Å². The molecule has 28 heavy (non-hydrogen) atoms. The Morgan fingerprint density at radius 1 is 1.00 bits per heavy atom. The van der Waals surface area contributed by atoms with Crippen LogP contribution < -0.4 is 4.84 Å². The van der Waals surface area contributed by atoms with E-state index >= 15 is 0 Å². The van der Waals surface area contributed by atoms with Gasteiger partial charge < -0.3 is 23.6 Å². The number of likely N-dealkylation sites (N-methyl/N-ethyl adjacent to an activating group) is 1. The summed E-state index contributed by atoms with van der Waals surface area (Å²) in [6, 6.07) is 0. The number of nitrogens with zero attached hydrogens (tertiary/aromatic N) is 2. The molecule has 168 valence electrons. The van der Waals surface area contributed by atoms with Crippen LogP contribution in [0.4, 0.5) is 0 Å². The minimum Gasteiger partial charge on any atom is -0.379 e. The maximum atomic E-state index is 12.0. The van der Waals surface area contributed by atoms with Crippen molar-refractivity contribution in [1.29, 1.82) is 0 Å². The Morgan fingerprint density at radius 3 is 2.07 bits per heavy atom. The van der Waals surface area contributed by atoms with Crippen molar-refractivity contribution in [3.05, 3.63) is 0 Å². The zero-order valence-corrected chi connectivity index (χ0v) is 19.6. The maximum absolute atomic E-state index is 12.0. The fourth-order valence-electron chi connectivity index (χ4n) is 2.54. The van der Waals surface area contributed by atoms with Gasteiger partial charge in [-0.3, -0.25) is 4.79 Å². The molecule has 0 rings (SSSR count). The Labute approximate surface area is 177 Å².